The summed E-state index contributed by atoms with van der Waals surface area (Å²) in [4.78, 5) is 38.1. The van der Waals surface area contributed by atoms with E-state index in [2.05, 4.69) is 4.74 Å². The van der Waals surface area contributed by atoms with Gasteiger partial charge in [-0.25, -0.2) is 4.79 Å². The smallest absolute Gasteiger partial charge is 0.360 e. The van der Waals surface area contributed by atoms with Crippen LogP contribution in [0.2, 0.25) is 0 Å². The Bertz CT molecular complexity index is 579. The highest BCUT2D eigenvalue weighted by molar-refractivity contribution is 6.06. The molecule has 7 heteroatoms. The molecule has 22 heavy (non-hydrogen) atoms. The molecule has 2 rings (SSSR count). The number of nitrogens with zero attached hydrogens (tertiary/aromatic N) is 1. The lowest BCUT2D eigenvalue weighted by Gasteiger charge is -2.35. The zero-order valence-corrected chi connectivity index (χ0v) is 13.4. The lowest BCUT2D eigenvalue weighted by Crippen LogP contribution is -2.57. The second kappa shape index (κ2) is 5.08. The van der Waals surface area contributed by atoms with Crippen LogP contribution in [-0.4, -0.2) is 54.7 Å². The van der Waals surface area contributed by atoms with Gasteiger partial charge in [0.15, 0.2) is 5.78 Å². The van der Waals surface area contributed by atoms with Crippen LogP contribution >= 0.6 is 0 Å². The molecule has 2 atom stereocenters. The molecule has 0 aromatic rings. The SMILES string of the molecule is COC(=O)C1C2=C(CC(C)(C)CC2=O)N(C)C1(O)C(=O)OC. The Balaban J connectivity index is 2.63. The third kappa shape index (κ3) is 2.11. The van der Waals surface area contributed by atoms with E-state index >= 15 is 0 Å². The van der Waals surface area contributed by atoms with Crippen molar-refractivity contribution in [3.8, 4) is 0 Å². The van der Waals surface area contributed by atoms with Crippen LogP contribution in [-0.2, 0) is 23.9 Å². The van der Waals surface area contributed by atoms with E-state index in [0.29, 0.717) is 12.1 Å². The first kappa shape index (κ1) is 16.5. The van der Waals surface area contributed by atoms with Crippen LogP contribution in [0.4, 0.5) is 0 Å². The molecule has 2 aliphatic rings. The number of hydrogen-bond donors (Lipinski definition) is 1. The van der Waals surface area contributed by atoms with E-state index in [4.69, 9.17) is 4.74 Å². The predicted octanol–water partition coefficient (Wildman–Crippen LogP) is 0.226. The topological polar surface area (TPSA) is 93.1 Å². The molecular weight excluding hydrogens is 290 g/mol. The number of ether oxygens (including phenoxy) is 2. The second-order valence-corrected chi connectivity index (χ2v) is 6.53. The summed E-state index contributed by atoms with van der Waals surface area (Å²) in [5.74, 6) is -3.48. The number of carbonyl (C=O) groups excluding carboxylic acids is 3. The highest BCUT2D eigenvalue weighted by Crippen LogP contribution is 2.50. The maximum atomic E-state index is 12.5. The summed E-state index contributed by atoms with van der Waals surface area (Å²) in [6, 6.07) is 0. The van der Waals surface area contributed by atoms with E-state index in [9.17, 15) is 19.5 Å². The maximum Gasteiger partial charge on any atom is 0.360 e. The van der Waals surface area contributed by atoms with E-state index in [1.54, 1.807) is 0 Å². The minimum atomic E-state index is -2.26. The molecule has 0 spiro atoms. The van der Waals surface area contributed by atoms with Crippen molar-refractivity contribution in [2.75, 3.05) is 21.3 Å². The van der Waals surface area contributed by atoms with Gasteiger partial charge in [0.2, 0.25) is 0 Å². The van der Waals surface area contributed by atoms with Gasteiger partial charge in [0, 0.05) is 24.7 Å². The number of methoxy groups -OCH3 is 2. The van der Waals surface area contributed by atoms with Gasteiger partial charge >= 0.3 is 11.9 Å². The zero-order valence-electron chi connectivity index (χ0n) is 13.4. The number of rotatable bonds is 2. The monoisotopic (exact) mass is 311 g/mol. The van der Waals surface area contributed by atoms with Gasteiger partial charge in [0.05, 0.1) is 14.2 Å². The Morgan fingerprint density at radius 1 is 1.23 bits per heavy atom. The van der Waals surface area contributed by atoms with Crippen molar-refractivity contribution in [2.45, 2.75) is 32.4 Å². The molecule has 0 fully saturated rings. The molecule has 2 unspecified atom stereocenters. The molecule has 0 radical (unpaired) electrons. The molecule has 1 aliphatic carbocycles. The van der Waals surface area contributed by atoms with Crippen molar-refractivity contribution in [1.82, 2.24) is 4.90 Å². The highest BCUT2D eigenvalue weighted by Gasteiger charge is 2.63. The van der Waals surface area contributed by atoms with E-state index < -0.39 is 23.6 Å². The quantitative estimate of drug-likeness (QED) is 0.729. The minimum absolute atomic E-state index is 0.154. The average molecular weight is 311 g/mol. The number of esters is 2. The van der Waals surface area contributed by atoms with Gasteiger partial charge in [-0.05, 0) is 11.8 Å². The van der Waals surface area contributed by atoms with Gasteiger partial charge in [0.1, 0.15) is 5.92 Å². The van der Waals surface area contributed by atoms with E-state index in [0.717, 1.165) is 14.2 Å². The lowest BCUT2D eigenvalue weighted by molar-refractivity contribution is -0.191. The fourth-order valence-corrected chi connectivity index (χ4v) is 3.33. The van der Waals surface area contributed by atoms with Crippen LogP contribution < -0.4 is 0 Å². The number of ketones is 1. The van der Waals surface area contributed by atoms with Crippen molar-refractivity contribution in [3.63, 3.8) is 0 Å². The molecule has 0 saturated heterocycles. The molecular formula is C15H21NO6. The molecule has 1 aliphatic heterocycles. The predicted molar refractivity (Wildman–Crippen MR) is 75.3 cm³/mol. The molecule has 1 heterocycles. The van der Waals surface area contributed by atoms with Crippen LogP contribution in [0.25, 0.3) is 0 Å². The third-order valence-corrected chi connectivity index (χ3v) is 4.43. The molecule has 0 saturated carbocycles. The number of aliphatic hydroxyl groups is 1. The number of allylic oxidation sites excluding steroid dienone is 1. The maximum absolute atomic E-state index is 12.5. The Morgan fingerprint density at radius 2 is 1.82 bits per heavy atom. The Labute approximate surface area is 128 Å². The van der Waals surface area contributed by atoms with Crippen molar-refractivity contribution < 1.29 is 29.0 Å². The van der Waals surface area contributed by atoms with Crippen molar-refractivity contribution in [2.24, 2.45) is 11.3 Å². The summed E-state index contributed by atoms with van der Waals surface area (Å²) < 4.78 is 9.35. The number of hydrogen-bond acceptors (Lipinski definition) is 7. The van der Waals surface area contributed by atoms with Crippen LogP contribution in [0.1, 0.15) is 26.7 Å². The van der Waals surface area contributed by atoms with Crippen molar-refractivity contribution in [1.29, 1.82) is 0 Å². The molecule has 1 N–H and O–H groups in total. The van der Waals surface area contributed by atoms with Gasteiger partial charge in [-0.2, -0.15) is 0 Å². The summed E-state index contributed by atoms with van der Waals surface area (Å²) in [7, 11) is 3.74. The third-order valence-electron chi connectivity index (χ3n) is 4.43. The van der Waals surface area contributed by atoms with Crippen LogP contribution in [0.15, 0.2) is 11.3 Å². The van der Waals surface area contributed by atoms with Gasteiger partial charge in [-0.15, -0.1) is 0 Å². The number of likely N-dealkylation sites (N-methyl/N-ethyl adjacent to an activating group) is 1. The minimum Gasteiger partial charge on any atom is -0.468 e. The molecule has 0 aromatic heterocycles. The summed E-state index contributed by atoms with van der Waals surface area (Å²) in [5.41, 5.74) is -1.93. The van der Waals surface area contributed by atoms with Gasteiger partial charge in [-0.3, -0.25) is 9.59 Å². The van der Waals surface area contributed by atoms with Crippen LogP contribution in [0.3, 0.4) is 0 Å². The summed E-state index contributed by atoms with van der Waals surface area (Å²) in [6.45, 7) is 3.84. The van der Waals surface area contributed by atoms with Crippen molar-refractivity contribution in [3.05, 3.63) is 11.3 Å². The summed E-state index contributed by atoms with van der Waals surface area (Å²) in [6.07, 6.45) is 0.710. The van der Waals surface area contributed by atoms with Gasteiger partial charge < -0.3 is 19.5 Å². The molecule has 0 bridgehead atoms. The van der Waals surface area contributed by atoms with Crippen molar-refractivity contribution >= 4 is 17.7 Å². The Hall–Kier alpha value is -1.89. The zero-order chi connectivity index (χ0) is 16.9. The van der Waals surface area contributed by atoms with Gasteiger partial charge in [-0.1, -0.05) is 13.8 Å². The summed E-state index contributed by atoms with van der Waals surface area (Å²) >= 11 is 0. The first-order chi connectivity index (χ1) is 10.1. The fraction of sp³-hybridized carbons (Fsp3) is 0.667. The van der Waals surface area contributed by atoms with E-state index in [-0.39, 0.29) is 23.2 Å². The molecule has 0 amide bonds. The first-order valence-corrected chi connectivity index (χ1v) is 6.99. The Kier molecular flexibility index (Phi) is 3.81. The van der Waals surface area contributed by atoms with E-state index in [1.165, 1.54) is 11.9 Å². The second-order valence-electron chi connectivity index (χ2n) is 6.53. The fourth-order valence-electron chi connectivity index (χ4n) is 3.33. The number of Topliss-reactive ketones (excluding diaryl/α,β-unsaturated/α-hetero) is 1. The lowest BCUT2D eigenvalue weighted by atomic mass is 9.73. The normalized spacial score (nSPS) is 30.2. The standard InChI is InChI=1S/C15H21NO6/c1-14(2)6-8-10(9(17)7-14)11(12(18)21-4)15(20,16(8)3)13(19)22-5/h11,20H,6-7H2,1-5H3. The largest absolute Gasteiger partial charge is 0.468 e. The highest BCUT2D eigenvalue weighted by atomic mass is 16.6. The average Bonchev–Trinajstić information content (AvgIpc) is 2.67. The molecule has 122 valence electrons. The number of carbonyl (C=O) groups is 3. The Morgan fingerprint density at radius 3 is 2.32 bits per heavy atom. The first-order valence-electron chi connectivity index (χ1n) is 6.99. The van der Waals surface area contributed by atoms with E-state index in [1.807, 2.05) is 13.8 Å². The van der Waals surface area contributed by atoms with Crippen LogP contribution in [0.5, 0.6) is 0 Å². The van der Waals surface area contributed by atoms with Gasteiger partial charge in [0.25, 0.3) is 5.72 Å². The molecule has 0 aromatic carbocycles. The molecule has 7 nitrogen and oxygen atoms in total. The van der Waals surface area contributed by atoms with Crippen LogP contribution in [0, 0.1) is 11.3 Å². The summed E-state index contributed by atoms with van der Waals surface area (Å²) in [5, 5.41) is 10.9.